The van der Waals surface area contributed by atoms with E-state index in [-0.39, 0.29) is 11.6 Å². The normalized spacial score (nSPS) is 11.1. The highest BCUT2D eigenvalue weighted by atomic mass is 16.3. The van der Waals surface area contributed by atoms with Crippen molar-refractivity contribution in [2.45, 2.75) is 13.8 Å². The average Bonchev–Trinajstić information content (AvgIpc) is 3.09. The number of hydrogen-bond donors (Lipinski definition) is 2. The molecule has 0 spiro atoms. The highest BCUT2D eigenvalue weighted by molar-refractivity contribution is 5.84. The van der Waals surface area contributed by atoms with Gasteiger partial charge in [-0.25, -0.2) is 9.97 Å². The van der Waals surface area contributed by atoms with Crippen molar-refractivity contribution in [3.05, 3.63) is 60.9 Å². The van der Waals surface area contributed by atoms with E-state index < -0.39 is 0 Å². The van der Waals surface area contributed by atoms with Gasteiger partial charge in [0.25, 0.3) is 0 Å². The SMILES string of the molecule is CCN(CC)c1ccc(-c2nc(-c3cccnc3O)c3ccccn23)c(O)c1. The maximum Gasteiger partial charge on any atom is 0.220 e. The molecule has 6 heteroatoms. The molecule has 0 aliphatic carbocycles. The minimum atomic E-state index is -0.0704. The standard InChI is InChI=1S/C22H22N4O2/c1-3-25(4-2)15-10-11-16(19(27)14-15)21-24-20(17-8-7-12-23-22(17)28)18-9-5-6-13-26(18)21/h5-14,27H,3-4H2,1-2H3,(H,23,28). The molecule has 0 amide bonds. The number of fused-ring (bicyclic) bond motifs is 1. The Labute approximate surface area is 163 Å². The smallest absolute Gasteiger partial charge is 0.220 e. The number of phenolic OH excluding ortho intramolecular Hbond substituents is 1. The molecular weight excluding hydrogens is 352 g/mol. The summed E-state index contributed by atoms with van der Waals surface area (Å²) in [7, 11) is 0. The summed E-state index contributed by atoms with van der Waals surface area (Å²) < 4.78 is 1.91. The van der Waals surface area contributed by atoms with E-state index in [9.17, 15) is 10.2 Å². The number of aromatic nitrogens is 3. The van der Waals surface area contributed by atoms with Crippen LogP contribution in [0.4, 0.5) is 5.69 Å². The number of imidazole rings is 1. The zero-order valence-corrected chi connectivity index (χ0v) is 15.9. The Hall–Kier alpha value is -3.54. The molecule has 0 saturated carbocycles. The summed E-state index contributed by atoms with van der Waals surface area (Å²) in [5, 5.41) is 20.9. The van der Waals surface area contributed by atoms with Crippen LogP contribution in [0.5, 0.6) is 11.6 Å². The summed E-state index contributed by atoms with van der Waals surface area (Å²) in [6, 6.07) is 15.0. The first kappa shape index (κ1) is 17.9. The van der Waals surface area contributed by atoms with Crippen molar-refractivity contribution in [3.63, 3.8) is 0 Å². The fraction of sp³-hybridized carbons (Fsp3) is 0.182. The zero-order valence-electron chi connectivity index (χ0n) is 15.9. The summed E-state index contributed by atoms with van der Waals surface area (Å²) in [4.78, 5) is 10.9. The number of hydrogen-bond acceptors (Lipinski definition) is 5. The second-order valence-electron chi connectivity index (χ2n) is 6.49. The first-order chi connectivity index (χ1) is 13.6. The Balaban J connectivity index is 1.90. The predicted octanol–water partition coefficient (Wildman–Crippen LogP) is 4.32. The van der Waals surface area contributed by atoms with E-state index in [1.54, 1.807) is 18.2 Å². The number of rotatable bonds is 5. The third-order valence-corrected chi connectivity index (χ3v) is 4.94. The molecule has 3 heterocycles. The lowest BCUT2D eigenvalue weighted by molar-refractivity contribution is 0.455. The molecule has 2 N–H and O–H groups in total. The molecule has 0 aliphatic heterocycles. The lowest BCUT2D eigenvalue weighted by Gasteiger charge is -2.21. The van der Waals surface area contributed by atoms with Gasteiger partial charge in [0, 0.05) is 37.2 Å². The summed E-state index contributed by atoms with van der Waals surface area (Å²) in [6.07, 6.45) is 3.43. The van der Waals surface area contributed by atoms with Crippen LogP contribution in [0, 0.1) is 0 Å². The van der Waals surface area contributed by atoms with Gasteiger partial charge in [-0.1, -0.05) is 6.07 Å². The van der Waals surface area contributed by atoms with Crippen molar-refractivity contribution in [2.24, 2.45) is 0 Å². The highest BCUT2D eigenvalue weighted by Crippen LogP contribution is 2.37. The fourth-order valence-corrected chi connectivity index (χ4v) is 3.50. The van der Waals surface area contributed by atoms with Crippen molar-refractivity contribution in [1.29, 1.82) is 0 Å². The molecule has 4 rings (SSSR count). The third kappa shape index (κ3) is 2.93. The Morgan fingerprint density at radius 2 is 1.79 bits per heavy atom. The van der Waals surface area contributed by atoms with Crippen LogP contribution in [0.3, 0.4) is 0 Å². The Morgan fingerprint density at radius 1 is 0.964 bits per heavy atom. The molecule has 0 bridgehead atoms. The number of anilines is 1. The van der Waals surface area contributed by atoms with E-state index in [1.807, 2.05) is 40.9 Å². The molecule has 1 aromatic carbocycles. The average molecular weight is 374 g/mol. The zero-order chi connectivity index (χ0) is 19.7. The molecule has 6 nitrogen and oxygen atoms in total. The fourth-order valence-electron chi connectivity index (χ4n) is 3.50. The number of nitrogens with zero attached hydrogens (tertiary/aromatic N) is 4. The predicted molar refractivity (Wildman–Crippen MR) is 111 cm³/mol. The Kier molecular flexibility index (Phi) is 4.61. The number of aromatic hydroxyl groups is 2. The molecule has 4 aromatic rings. The van der Waals surface area contributed by atoms with Gasteiger partial charge in [0.05, 0.1) is 16.6 Å². The maximum absolute atomic E-state index is 10.7. The van der Waals surface area contributed by atoms with Crippen molar-refractivity contribution in [2.75, 3.05) is 18.0 Å². The van der Waals surface area contributed by atoms with E-state index in [2.05, 4.69) is 23.7 Å². The second kappa shape index (κ2) is 7.23. The van der Waals surface area contributed by atoms with Crippen LogP contribution in [-0.2, 0) is 0 Å². The topological polar surface area (TPSA) is 73.9 Å². The Bertz CT molecular complexity index is 1130. The molecule has 142 valence electrons. The van der Waals surface area contributed by atoms with E-state index in [4.69, 9.17) is 4.98 Å². The van der Waals surface area contributed by atoms with E-state index in [1.165, 1.54) is 6.20 Å². The van der Waals surface area contributed by atoms with Gasteiger partial charge >= 0.3 is 0 Å². The van der Waals surface area contributed by atoms with Crippen LogP contribution in [0.1, 0.15) is 13.8 Å². The van der Waals surface area contributed by atoms with Crippen LogP contribution in [0.15, 0.2) is 60.9 Å². The first-order valence-corrected chi connectivity index (χ1v) is 9.33. The highest BCUT2D eigenvalue weighted by Gasteiger charge is 2.19. The number of pyridine rings is 2. The van der Waals surface area contributed by atoms with Gasteiger partial charge in [-0.05, 0) is 50.2 Å². The maximum atomic E-state index is 10.7. The molecule has 0 saturated heterocycles. The quantitative estimate of drug-likeness (QED) is 0.544. The van der Waals surface area contributed by atoms with E-state index in [0.717, 1.165) is 24.3 Å². The molecule has 3 aromatic heterocycles. The van der Waals surface area contributed by atoms with E-state index in [0.29, 0.717) is 22.6 Å². The molecule has 0 radical (unpaired) electrons. The minimum absolute atomic E-state index is 0.0704. The molecular formula is C22H22N4O2. The lowest BCUT2D eigenvalue weighted by Crippen LogP contribution is -2.21. The van der Waals surface area contributed by atoms with Gasteiger partial charge in [0.15, 0.2) is 0 Å². The number of phenols is 1. The second-order valence-corrected chi connectivity index (χ2v) is 6.49. The van der Waals surface area contributed by atoms with Crippen LogP contribution in [-0.4, -0.2) is 37.7 Å². The van der Waals surface area contributed by atoms with Gasteiger partial charge in [-0.2, -0.15) is 0 Å². The van der Waals surface area contributed by atoms with E-state index >= 15 is 0 Å². The van der Waals surface area contributed by atoms with Gasteiger partial charge in [-0.3, -0.25) is 4.40 Å². The minimum Gasteiger partial charge on any atom is -0.507 e. The van der Waals surface area contributed by atoms with Crippen LogP contribution in [0.2, 0.25) is 0 Å². The van der Waals surface area contributed by atoms with Crippen LogP contribution in [0.25, 0.3) is 28.2 Å². The largest absolute Gasteiger partial charge is 0.507 e. The summed E-state index contributed by atoms with van der Waals surface area (Å²) in [5.74, 6) is 0.707. The van der Waals surface area contributed by atoms with Crippen molar-refractivity contribution >= 4 is 11.2 Å². The van der Waals surface area contributed by atoms with Gasteiger partial charge in [-0.15, -0.1) is 0 Å². The summed E-state index contributed by atoms with van der Waals surface area (Å²) in [6.45, 7) is 5.91. The summed E-state index contributed by atoms with van der Waals surface area (Å²) >= 11 is 0. The van der Waals surface area contributed by atoms with Crippen molar-refractivity contribution in [3.8, 4) is 34.3 Å². The van der Waals surface area contributed by atoms with Crippen LogP contribution >= 0.6 is 0 Å². The molecule has 0 fully saturated rings. The monoisotopic (exact) mass is 374 g/mol. The summed E-state index contributed by atoms with van der Waals surface area (Å²) in [5.41, 5.74) is 3.60. The van der Waals surface area contributed by atoms with Crippen molar-refractivity contribution < 1.29 is 10.2 Å². The van der Waals surface area contributed by atoms with Gasteiger partial charge in [0.2, 0.25) is 5.88 Å². The Morgan fingerprint density at radius 3 is 2.50 bits per heavy atom. The lowest BCUT2D eigenvalue weighted by atomic mass is 10.1. The number of benzene rings is 1. The van der Waals surface area contributed by atoms with Crippen LogP contribution < -0.4 is 4.90 Å². The molecule has 28 heavy (non-hydrogen) atoms. The van der Waals surface area contributed by atoms with Crippen molar-refractivity contribution in [1.82, 2.24) is 14.4 Å². The molecule has 0 aliphatic rings. The molecule has 0 unspecified atom stereocenters. The molecule has 0 atom stereocenters. The first-order valence-electron chi connectivity index (χ1n) is 9.33. The van der Waals surface area contributed by atoms with Gasteiger partial charge < -0.3 is 15.1 Å². The third-order valence-electron chi connectivity index (χ3n) is 4.94. The van der Waals surface area contributed by atoms with Gasteiger partial charge in [0.1, 0.15) is 17.3 Å².